The van der Waals surface area contributed by atoms with E-state index in [2.05, 4.69) is 25.3 Å². The molecule has 0 radical (unpaired) electrons. The number of nitrogens with zero attached hydrogens (tertiary/aromatic N) is 3. The first-order valence-corrected chi connectivity index (χ1v) is 7.06. The molecule has 0 aliphatic heterocycles. The van der Waals surface area contributed by atoms with Gasteiger partial charge in [0.2, 0.25) is 12.2 Å². The Hall–Kier alpha value is -2.59. The van der Waals surface area contributed by atoms with E-state index in [0.717, 1.165) is 0 Å². The monoisotopic (exact) mass is 337 g/mol. The number of hydrogen-bond donors (Lipinski definition) is 2. The van der Waals surface area contributed by atoms with Gasteiger partial charge in [-0.05, 0) is 20.8 Å². The van der Waals surface area contributed by atoms with Crippen LogP contribution in [0, 0.1) is 0 Å². The van der Waals surface area contributed by atoms with E-state index < -0.39 is 23.5 Å². The first-order chi connectivity index (χ1) is 11.2. The summed E-state index contributed by atoms with van der Waals surface area (Å²) in [6.07, 6.45) is -0.113. The minimum Gasteiger partial charge on any atom is -0.444 e. The molecule has 0 spiro atoms. The van der Waals surface area contributed by atoms with Gasteiger partial charge in [-0.25, -0.2) is 14.8 Å². The normalized spacial score (nSPS) is 11.8. The van der Waals surface area contributed by atoms with Gasteiger partial charge in [-0.3, -0.25) is 15.1 Å². The van der Waals surface area contributed by atoms with Crippen LogP contribution in [0.15, 0.2) is 11.0 Å². The quantitative estimate of drug-likeness (QED) is 0.800. The Morgan fingerprint density at radius 1 is 1.25 bits per heavy atom. The summed E-state index contributed by atoms with van der Waals surface area (Å²) in [7, 11) is 2.88. The Labute approximate surface area is 137 Å². The van der Waals surface area contributed by atoms with Crippen LogP contribution in [0.1, 0.15) is 32.8 Å². The molecular weight excluding hydrogens is 318 g/mol. The molecule has 24 heavy (non-hydrogen) atoms. The number of aromatic nitrogens is 4. The Kier molecular flexibility index (Phi) is 5.10. The van der Waals surface area contributed by atoms with Gasteiger partial charge in [0.15, 0.2) is 11.2 Å². The highest BCUT2D eigenvalue weighted by atomic mass is 16.7. The second kappa shape index (κ2) is 6.89. The molecule has 2 N–H and O–H groups in total. The largest absolute Gasteiger partial charge is 0.444 e. The number of methoxy groups -OCH3 is 2. The smallest absolute Gasteiger partial charge is 0.414 e. The fraction of sp³-hybridized carbons (Fsp3) is 0.500. The van der Waals surface area contributed by atoms with Gasteiger partial charge >= 0.3 is 6.09 Å². The van der Waals surface area contributed by atoms with E-state index in [4.69, 9.17) is 14.2 Å². The van der Waals surface area contributed by atoms with Gasteiger partial charge in [-0.2, -0.15) is 4.98 Å². The minimum absolute atomic E-state index is 0.00124. The first kappa shape index (κ1) is 17.8. The lowest BCUT2D eigenvalue weighted by Crippen LogP contribution is -2.28. The molecule has 0 fully saturated rings. The number of H-pyrrole nitrogens is 1. The second-order valence-corrected chi connectivity index (χ2v) is 5.81. The molecule has 0 atom stereocenters. The number of aromatic amines is 1. The van der Waals surface area contributed by atoms with Crippen LogP contribution >= 0.6 is 0 Å². The third-order valence-electron chi connectivity index (χ3n) is 2.73. The van der Waals surface area contributed by atoms with Crippen molar-refractivity contribution < 1.29 is 19.0 Å². The van der Waals surface area contributed by atoms with Crippen molar-refractivity contribution in [3.8, 4) is 0 Å². The first-order valence-electron chi connectivity index (χ1n) is 7.06. The van der Waals surface area contributed by atoms with E-state index in [1.807, 2.05) is 0 Å². The number of nitrogens with one attached hydrogen (secondary N) is 2. The van der Waals surface area contributed by atoms with E-state index >= 15 is 0 Å². The Bertz CT molecular complexity index is 794. The molecule has 10 heteroatoms. The van der Waals surface area contributed by atoms with E-state index in [1.54, 1.807) is 20.8 Å². The summed E-state index contributed by atoms with van der Waals surface area (Å²) >= 11 is 0. The molecule has 1 amide bonds. The van der Waals surface area contributed by atoms with Gasteiger partial charge < -0.3 is 14.2 Å². The van der Waals surface area contributed by atoms with Crippen LogP contribution in [-0.2, 0) is 14.2 Å². The van der Waals surface area contributed by atoms with Crippen LogP contribution < -0.4 is 10.9 Å². The molecule has 0 saturated heterocycles. The summed E-state index contributed by atoms with van der Waals surface area (Å²) in [4.78, 5) is 38.5. The zero-order valence-electron chi connectivity index (χ0n) is 14.0. The third kappa shape index (κ3) is 4.24. The highest BCUT2D eigenvalue weighted by Crippen LogP contribution is 2.15. The lowest BCUT2D eigenvalue weighted by Gasteiger charge is -2.19. The van der Waals surface area contributed by atoms with Crippen molar-refractivity contribution in [2.75, 3.05) is 19.5 Å². The molecule has 0 aliphatic carbocycles. The highest BCUT2D eigenvalue weighted by molar-refractivity contribution is 5.83. The van der Waals surface area contributed by atoms with Crippen molar-refractivity contribution in [2.24, 2.45) is 0 Å². The van der Waals surface area contributed by atoms with Crippen molar-refractivity contribution in [3.05, 3.63) is 22.2 Å². The maximum Gasteiger partial charge on any atom is 0.414 e. The van der Waals surface area contributed by atoms with Crippen LogP contribution in [0.3, 0.4) is 0 Å². The summed E-state index contributed by atoms with van der Waals surface area (Å²) in [5.74, 6) is -0.0844. The van der Waals surface area contributed by atoms with E-state index in [0.29, 0.717) is 5.69 Å². The number of carbonyl (C=O) groups is 1. The molecule has 2 heterocycles. The van der Waals surface area contributed by atoms with Gasteiger partial charge in [-0.15, -0.1) is 0 Å². The van der Waals surface area contributed by atoms with Crippen LogP contribution in [0.5, 0.6) is 0 Å². The van der Waals surface area contributed by atoms with Gasteiger partial charge in [0.1, 0.15) is 11.3 Å². The van der Waals surface area contributed by atoms with Crippen molar-refractivity contribution in [1.82, 2.24) is 19.9 Å². The van der Waals surface area contributed by atoms with E-state index in [9.17, 15) is 9.59 Å². The molecule has 0 aromatic carbocycles. The molecule has 10 nitrogen and oxygen atoms in total. The predicted octanol–water partition coefficient (Wildman–Crippen LogP) is 1.35. The van der Waals surface area contributed by atoms with Crippen LogP contribution in [-0.4, -0.2) is 45.8 Å². The molecule has 130 valence electrons. The Morgan fingerprint density at radius 2 is 1.92 bits per heavy atom. The summed E-state index contributed by atoms with van der Waals surface area (Å²) in [6, 6.07) is 0. The van der Waals surface area contributed by atoms with Crippen molar-refractivity contribution in [1.29, 1.82) is 0 Å². The van der Waals surface area contributed by atoms with E-state index in [-0.39, 0.29) is 17.1 Å². The topological polar surface area (TPSA) is 128 Å². The molecule has 0 aliphatic rings. The summed E-state index contributed by atoms with van der Waals surface area (Å²) in [5, 5.41) is 2.35. The maximum atomic E-state index is 12.1. The van der Waals surface area contributed by atoms with Gasteiger partial charge in [0, 0.05) is 14.2 Å². The fourth-order valence-electron chi connectivity index (χ4n) is 1.84. The number of anilines is 1. The molecule has 2 aromatic heterocycles. The molecule has 0 unspecified atom stereocenters. The standard InChI is InChI=1S/C14H19N5O5/c1-14(2,3)24-13(21)19-12-17-9-8(10(20)18-12)16-7(6-15-9)11(22-4)23-5/h6,11H,1-5H3,(H2,15,17,18,19,20,21). The average molecular weight is 337 g/mol. The Balaban J connectivity index is 2.32. The van der Waals surface area contributed by atoms with E-state index in [1.165, 1.54) is 20.4 Å². The molecule has 0 saturated carbocycles. The third-order valence-corrected chi connectivity index (χ3v) is 2.73. The fourth-order valence-corrected chi connectivity index (χ4v) is 1.84. The Morgan fingerprint density at radius 3 is 2.50 bits per heavy atom. The predicted molar refractivity (Wildman–Crippen MR) is 84.6 cm³/mol. The molecule has 0 bridgehead atoms. The van der Waals surface area contributed by atoms with Crippen LogP contribution in [0.2, 0.25) is 0 Å². The number of fused-ring (bicyclic) bond motifs is 1. The molecule has 2 rings (SSSR count). The molecular formula is C14H19N5O5. The summed E-state index contributed by atoms with van der Waals surface area (Å²) in [5.41, 5.74) is -0.842. The van der Waals surface area contributed by atoms with Crippen molar-refractivity contribution in [2.45, 2.75) is 32.7 Å². The number of carbonyl (C=O) groups excluding carboxylic acids is 1. The minimum atomic E-state index is -0.749. The number of ether oxygens (including phenoxy) is 3. The highest BCUT2D eigenvalue weighted by Gasteiger charge is 2.18. The zero-order chi connectivity index (χ0) is 17.9. The number of hydrogen-bond acceptors (Lipinski definition) is 8. The van der Waals surface area contributed by atoms with Gasteiger partial charge in [0.05, 0.1) is 6.20 Å². The number of rotatable bonds is 4. The van der Waals surface area contributed by atoms with Crippen LogP contribution in [0.25, 0.3) is 11.2 Å². The second-order valence-electron chi connectivity index (χ2n) is 5.81. The average Bonchev–Trinajstić information content (AvgIpc) is 2.47. The molecule has 2 aromatic rings. The van der Waals surface area contributed by atoms with Crippen LogP contribution in [0.4, 0.5) is 10.7 Å². The summed E-state index contributed by atoms with van der Waals surface area (Å²) < 4.78 is 15.2. The van der Waals surface area contributed by atoms with Crippen molar-refractivity contribution in [3.63, 3.8) is 0 Å². The maximum absolute atomic E-state index is 12.1. The van der Waals surface area contributed by atoms with Crippen molar-refractivity contribution >= 4 is 23.2 Å². The van der Waals surface area contributed by atoms with Gasteiger partial charge in [0.25, 0.3) is 5.56 Å². The zero-order valence-corrected chi connectivity index (χ0v) is 14.0. The summed E-state index contributed by atoms with van der Waals surface area (Å²) in [6.45, 7) is 5.16. The van der Waals surface area contributed by atoms with Gasteiger partial charge in [-0.1, -0.05) is 0 Å². The number of amides is 1. The lowest BCUT2D eigenvalue weighted by molar-refractivity contribution is -0.108. The SMILES string of the molecule is COC(OC)c1cnc2nc(NC(=O)OC(C)(C)C)[nH]c(=O)c2n1. The lowest BCUT2D eigenvalue weighted by atomic mass is 10.2.